The van der Waals surface area contributed by atoms with Crippen LogP contribution in [0.3, 0.4) is 0 Å². The number of nitrogens with one attached hydrogen (secondary N) is 1. The lowest BCUT2D eigenvalue weighted by Gasteiger charge is -2.28. The van der Waals surface area contributed by atoms with Crippen LogP contribution < -0.4 is 15.5 Å². The lowest BCUT2D eigenvalue weighted by Crippen LogP contribution is -2.37. The average molecular weight is 224 g/mol. The maximum atomic E-state index is 9.38. The number of pyridine rings is 1. The number of anilines is 2. The highest BCUT2D eigenvalue weighted by Crippen LogP contribution is 2.16. The Morgan fingerprint density at radius 2 is 2.19 bits per heavy atom. The van der Waals surface area contributed by atoms with E-state index in [9.17, 15) is 5.21 Å². The maximum absolute atomic E-state index is 9.38. The van der Waals surface area contributed by atoms with Crippen molar-refractivity contribution in [1.29, 1.82) is 0 Å². The fourth-order valence-corrected chi connectivity index (χ4v) is 1.61. The topological polar surface area (TPSA) is 60.9 Å². The van der Waals surface area contributed by atoms with E-state index in [2.05, 4.69) is 15.3 Å². The minimum atomic E-state index is 0.611. The van der Waals surface area contributed by atoms with Gasteiger partial charge in [-0.1, -0.05) is 0 Å². The molecule has 2 N–H and O–H groups in total. The number of hydrazine groups is 1. The zero-order valence-corrected chi connectivity index (χ0v) is 9.26. The number of hydrogen-bond donors (Lipinski definition) is 2. The molecule has 0 amide bonds. The molecule has 6 heteroatoms. The van der Waals surface area contributed by atoms with Crippen molar-refractivity contribution < 1.29 is 9.94 Å². The van der Waals surface area contributed by atoms with Crippen molar-refractivity contribution in [3.63, 3.8) is 0 Å². The molecule has 0 saturated carbocycles. The van der Waals surface area contributed by atoms with E-state index in [4.69, 9.17) is 4.74 Å². The van der Waals surface area contributed by atoms with Crippen LogP contribution in [0.1, 0.15) is 0 Å². The predicted octanol–water partition coefficient (Wildman–Crippen LogP) is 0.248. The second kappa shape index (κ2) is 5.11. The molecule has 0 radical (unpaired) electrons. The Balaban J connectivity index is 2.06. The zero-order valence-electron chi connectivity index (χ0n) is 9.26. The Bertz CT molecular complexity index is 324. The van der Waals surface area contributed by atoms with Gasteiger partial charge in [-0.05, 0) is 12.1 Å². The van der Waals surface area contributed by atoms with Gasteiger partial charge in [0.15, 0.2) is 0 Å². The van der Waals surface area contributed by atoms with E-state index >= 15 is 0 Å². The Kier molecular flexibility index (Phi) is 3.55. The third-order valence-electron chi connectivity index (χ3n) is 2.52. The van der Waals surface area contributed by atoms with Gasteiger partial charge >= 0.3 is 0 Å². The van der Waals surface area contributed by atoms with Crippen molar-refractivity contribution >= 4 is 11.5 Å². The summed E-state index contributed by atoms with van der Waals surface area (Å²) in [4.78, 5) is 6.46. The first-order chi connectivity index (χ1) is 7.81. The molecule has 1 aromatic heterocycles. The smallest absolute Gasteiger partial charge is 0.128 e. The van der Waals surface area contributed by atoms with Crippen LogP contribution in [-0.4, -0.2) is 43.5 Å². The molecule has 1 saturated heterocycles. The van der Waals surface area contributed by atoms with Gasteiger partial charge in [-0.2, -0.15) is 5.17 Å². The molecule has 1 fully saturated rings. The molecule has 6 nitrogen and oxygen atoms in total. The summed E-state index contributed by atoms with van der Waals surface area (Å²) in [7, 11) is 1.63. The van der Waals surface area contributed by atoms with Crippen molar-refractivity contribution in [3.8, 4) is 0 Å². The van der Waals surface area contributed by atoms with E-state index in [0.717, 1.165) is 37.3 Å². The number of morpholine rings is 1. The molecule has 0 aromatic carbocycles. The quantitative estimate of drug-likeness (QED) is 0.718. The molecule has 0 atom stereocenters. The van der Waals surface area contributed by atoms with Crippen molar-refractivity contribution in [1.82, 2.24) is 10.4 Å². The number of ether oxygens (including phenoxy) is 1. The normalized spacial score (nSPS) is 16.2. The molecular formula is C10H16N4O2. The average Bonchev–Trinajstić information content (AvgIpc) is 2.39. The molecule has 1 aliphatic heterocycles. The van der Waals surface area contributed by atoms with Crippen molar-refractivity contribution in [2.75, 3.05) is 43.4 Å². The van der Waals surface area contributed by atoms with Crippen molar-refractivity contribution in [2.45, 2.75) is 0 Å². The zero-order chi connectivity index (χ0) is 11.4. The van der Waals surface area contributed by atoms with E-state index < -0.39 is 0 Å². The summed E-state index contributed by atoms with van der Waals surface area (Å²) in [5.41, 5.74) is 3.21. The molecule has 16 heavy (non-hydrogen) atoms. The minimum absolute atomic E-state index is 0.611. The van der Waals surface area contributed by atoms with E-state index in [0.29, 0.717) is 5.69 Å². The summed E-state index contributed by atoms with van der Waals surface area (Å²) < 4.78 is 5.27. The van der Waals surface area contributed by atoms with Crippen LogP contribution in [0.5, 0.6) is 0 Å². The van der Waals surface area contributed by atoms with Crippen LogP contribution >= 0.6 is 0 Å². The number of hydrogen-bond acceptors (Lipinski definition) is 6. The van der Waals surface area contributed by atoms with Crippen molar-refractivity contribution in [2.24, 2.45) is 0 Å². The molecule has 0 aliphatic carbocycles. The van der Waals surface area contributed by atoms with Gasteiger partial charge < -0.3 is 9.64 Å². The van der Waals surface area contributed by atoms with E-state index in [1.165, 1.54) is 0 Å². The van der Waals surface area contributed by atoms with Gasteiger partial charge in [0.2, 0.25) is 0 Å². The van der Waals surface area contributed by atoms with Crippen LogP contribution in [0.25, 0.3) is 0 Å². The van der Waals surface area contributed by atoms with Gasteiger partial charge in [-0.15, -0.1) is 0 Å². The second-order valence-corrected chi connectivity index (χ2v) is 3.51. The van der Waals surface area contributed by atoms with Crippen molar-refractivity contribution in [3.05, 3.63) is 18.3 Å². The van der Waals surface area contributed by atoms with Crippen LogP contribution in [-0.2, 0) is 4.74 Å². The molecule has 0 bridgehead atoms. The number of aromatic nitrogens is 1. The van der Waals surface area contributed by atoms with Gasteiger partial charge in [0.25, 0.3) is 0 Å². The summed E-state index contributed by atoms with van der Waals surface area (Å²) in [5.74, 6) is 0.913. The van der Waals surface area contributed by atoms with E-state index in [1.807, 2.05) is 12.1 Å². The highest BCUT2D eigenvalue weighted by atomic mass is 16.5. The molecular weight excluding hydrogens is 208 g/mol. The Hall–Kier alpha value is -1.37. The standard InChI is InChI=1S/C10H16N4O2/c1-11-14(15)9-2-3-10(12-8-9)13-4-6-16-7-5-13/h2-3,8,11,15H,4-7H2,1H3. The third-order valence-corrected chi connectivity index (χ3v) is 2.52. The van der Waals surface area contributed by atoms with E-state index in [1.54, 1.807) is 13.2 Å². The largest absolute Gasteiger partial charge is 0.378 e. The van der Waals surface area contributed by atoms with Crippen LogP contribution in [0.2, 0.25) is 0 Å². The van der Waals surface area contributed by atoms with Gasteiger partial charge in [-0.25, -0.2) is 10.4 Å². The fraction of sp³-hybridized carbons (Fsp3) is 0.500. The summed E-state index contributed by atoms with van der Waals surface area (Å²) >= 11 is 0. The maximum Gasteiger partial charge on any atom is 0.128 e. The minimum Gasteiger partial charge on any atom is -0.378 e. The van der Waals surface area contributed by atoms with Crippen LogP contribution in [0.4, 0.5) is 11.5 Å². The fourth-order valence-electron chi connectivity index (χ4n) is 1.61. The molecule has 2 heterocycles. The number of rotatable bonds is 3. The lowest BCUT2D eigenvalue weighted by atomic mass is 10.3. The SMILES string of the molecule is CNN(O)c1ccc(N2CCOCC2)nc1. The molecule has 1 aliphatic rings. The first-order valence-corrected chi connectivity index (χ1v) is 5.26. The monoisotopic (exact) mass is 224 g/mol. The Labute approximate surface area is 94.4 Å². The van der Waals surface area contributed by atoms with Crippen LogP contribution in [0, 0.1) is 0 Å². The highest BCUT2D eigenvalue weighted by Gasteiger charge is 2.12. The molecule has 1 aromatic rings. The molecule has 88 valence electrons. The summed E-state index contributed by atoms with van der Waals surface area (Å²) in [6.07, 6.45) is 1.63. The first kappa shape index (κ1) is 11.1. The second-order valence-electron chi connectivity index (χ2n) is 3.51. The van der Waals surface area contributed by atoms with Gasteiger partial charge in [0.05, 0.1) is 19.4 Å². The van der Waals surface area contributed by atoms with E-state index in [-0.39, 0.29) is 0 Å². The Morgan fingerprint density at radius 3 is 2.75 bits per heavy atom. The molecule has 0 unspecified atom stereocenters. The van der Waals surface area contributed by atoms with Gasteiger partial charge in [0, 0.05) is 20.1 Å². The summed E-state index contributed by atoms with van der Waals surface area (Å²) in [5, 5.41) is 10.3. The predicted molar refractivity (Wildman–Crippen MR) is 60.6 cm³/mol. The highest BCUT2D eigenvalue weighted by molar-refractivity contribution is 5.48. The van der Waals surface area contributed by atoms with Gasteiger partial charge in [0.1, 0.15) is 11.5 Å². The lowest BCUT2D eigenvalue weighted by molar-refractivity contribution is 0.122. The van der Waals surface area contributed by atoms with Gasteiger partial charge in [-0.3, -0.25) is 5.21 Å². The molecule has 0 spiro atoms. The third kappa shape index (κ3) is 2.41. The molecule has 2 rings (SSSR count). The number of nitrogens with zero attached hydrogens (tertiary/aromatic N) is 3. The first-order valence-electron chi connectivity index (χ1n) is 5.26. The Morgan fingerprint density at radius 1 is 1.44 bits per heavy atom. The van der Waals surface area contributed by atoms with Crippen LogP contribution in [0.15, 0.2) is 18.3 Å². The summed E-state index contributed by atoms with van der Waals surface area (Å²) in [6, 6.07) is 3.70. The summed E-state index contributed by atoms with van der Waals surface area (Å²) in [6.45, 7) is 3.21.